The molecule has 0 spiro atoms. The van der Waals surface area contributed by atoms with Gasteiger partial charge < -0.3 is 9.63 Å². The van der Waals surface area contributed by atoms with Crippen molar-refractivity contribution in [3.63, 3.8) is 0 Å². The Morgan fingerprint density at radius 1 is 1.45 bits per heavy atom. The molecule has 0 fully saturated rings. The molecule has 0 saturated heterocycles. The van der Waals surface area contributed by atoms with Crippen molar-refractivity contribution in [2.75, 3.05) is 0 Å². The van der Waals surface area contributed by atoms with Gasteiger partial charge >= 0.3 is 0 Å². The topological polar surface area (TPSA) is 59.2 Å². The minimum atomic E-state index is -0.0684. The van der Waals surface area contributed by atoms with Gasteiger partial charge in [-0.2, -0.15) is 0 Å². The first-order chi connectivity index (χ1) is 5.34. The van der Waals surface area contributed by atoms with Crippen molar-refractivity contribution in [1.29, 1.82) is 0 Å². The number of aryl methyl sites for hydroxylation is 1. The first kappa shape index (κ1) is 8.04. The van der Waals surface area contributed by atoms with Crippen LogP contribution >= 0.6 is 0 Å². The summed E-state index contributed by atoms with van der Waals surface area (Å²) in [5.74, 6) is 0.430. The summed E-state index contributed by atoms with van der Waals surface area (Å²) in [6, 6.07) is 0. The molecule has 1 aromatic heterocycles. The molecule has 62 valence electrons. The molecule has 0 aliphatic heterocycles. The van der Waals surface area contributed by atoms with E-state index in [0.29, 0.717) is 5.76 Å². The van der Waals surface area contributed by atoms with Crippen LogP contribution in [0.5, 0.6) is 5.88 Å². The van der Waals surface area contributed by atoms with Crippen molar-refractivity contribution < 1.29 is 9.63 Å². The highest BCUT2D eigenvalue weighted by atomic mass is 16.5. The van der Waals surface area contributed by atoms with Gasteiger partial charge in [-0.15, -0.1) is 0 Å². The zero-order valence-corrected chi connectivity index (χ0v) is 6.58. The molecule has 1 aromatic rings. The smallest absolute Gasteiger partial charge is 0.276 e. The molecule has 0 aliphatic carbocycles. The average molecular weight is 156 g/mol. The molecular formula is C7H12N2O2. The first-order valence-corrected chi connectivity index (χ1v) is 3.84. The summed E-state index contributed by atoms with van der Waals surface area (Å²) >= 11 is 0. The van der Waals surface area contributed by atoms with E-state index in [1.807, 2.05) is 0 Å². The van der Waals surface area contributed by atoms with Crippen LogP contribution in [0.25, 0.3) is 0 Å². The summed E-state index contributed by atoms with van der Waals surface area (Å²) in [4.78, 5) is 0. The van der Waals surface area contributed by atoms with E-state index in [9.17, 15) is 0 Å². The van der Waals surface area contributed by atoms with Crippen molar-refractivity contribution in [2.45, 2.75) is 32.6 Å². The van der Waals surface area contributed by atoms with Gasteiger partial charge in [-0.1, -0.05) is 24.9 Å². The van der Waals surface area contributed by atoms with Crippen LogP contribution < -0.4 is 0 Å². The van der Waals surface area contributed by atoms with Crippen LogP contribution in [0.3, 0.4) is 0 Å². The predicted molar refractivity (Wildman–Crippen MR) is 39.2 cm³/mol. The second-order valence-corrected chi connectivity index (χ2v) is 2.48. The molecular weight excluding hydrogens is 144 g/mol. The van der Waals surface area contributed by atoms with Gasteiger partial charge in [-0.05, 0) is 6.42 Å². The van der Waals surface area contributed by atoms with Gasteiger partial charge in [0.25, 0.3) is 5.88 Å². The quantitative estimate of drug-likeness (QED) is 0.671. The molecule has 11 heavy (non-hydrogen) atoms. The maximum absolute atomic E-state index is 8.98. The molecule has 0 atom stereocenters. The zero-order valence-electron chi connectivity index (χ0n) is 6.58. The highest BCUT2D eigenvalue weighted by molar-refractivity contribution is 5.09. The van der Waals surface area contributed by atoms with E-state index in [1.165, 1.54) is 0 Å². The Morgan fingerprint density at radius 2 is 2.27 bits per heavy atom. The van der Waals surface area contributed by atoms with Gasteiger partial charge in [-0.25, -0.2) is 0 Å². The fourth-order valence-electron chi connectivity index (χ4n) is 0.898. The molecule has 0 saturated carbocycles. The number of rotatable bonds is 4. The van der Waals surface area contributed by atoms with Crippen LogP contribution in [0.15, 0.2) is 4.52 Å². The van der Waals surface area contributed by atoms with Gasteiger partial charge in [0.15, 0.2) is 5.76 Å². The number of hydrogen-bond acceptors (Lipinski definition) is 4. The molecule has 4 nitrogen and oxygen atoms in total. The van der Waals surface area contributed by atoms with E-state index < -0.39 is 0 Å². The average Bonchev–Trinajstić information content (AvgIpc) is 2.37. The number of aromatic nitrogens is 2. The van der Waals surface area contributed by atoms with Crippen molar-refractivity contribution >= 4 is 0 Å². The third-order valence-corrected chi connectivity index (χ3v) is 1.54. The van der Waals surface area contributed by atoms with Gasteiger partial charge in [-0.3, -0.25) is 0 Å². The Kier molecular flexibility index (Phi) is 2.89. The fraction of sp³-hybridized carbons (Fsp3) is 0.714. The third-order valence-electron chi connectivity index (χ3n) is 1.54. The Bertz CT molecular complexity index is 210. The lowest BCUT2D eigenvalue weighted by Gasteiger charge is -1.92. The van der Waals surface area contributed by atoms with Gasteiger partial charge in [0.05, 0.1) is 0 Å². The number of unbranched alkanes of at least 4 members (excludes halogenated alkanes) is 2. The lowest BCUT2D eigenvalue weighted by Crippen LogP contribution is -1.82. The summed E-state index contributed by atoms with van der Waals surface area (Å²) in [6.45, 7) is 2.12. The lowest BCUT2D eigenvalue weighted by molar-refractivity contribution is 0.355. The van der Waals surface area contributed by atoms with Crippen LogP contribution in [-0.4, -0.2) is 15.5 Å². The summed E-state index contributed by atoms with van der Waals surface area (Å²) in [7, 11) is 0. The van der Waals surface area contributed by atoms with Crippen molar-refractivity contribution in [2.24, 2.45) is 0 Å². The van der Waals surface area contributed by atoms with Crippen molar-refractivity contribution in [3.05, 3.63) is 5.76 Å². The summed E-state index contributed by atoms with van der Waals surface area (Å²) < 4.78 is 4.70. The van der Waals surface area contributed by atoms with E-state index in [2.05, 4.69) is 17.3 Å². The minimum Gasteiger partial charge on any atom is -0.490 e. The molecule has 0 unspecified atom stereocenters. The summed E-state index contributed by atoms with van der Waals surface area (Å²) in [5.41, 5.74) is 0. The third kappa shape index (κ3) is 2.22. The number of hydrogen-bond donors (Lipinski definition) is 1. The van der Waals surface area contributed by atoms with Crippen LogP contribution in [0, 0.1) is 0 Å². The highest BCUT2D eigenvalue weighted by Crippen LogP contribution is 2.14. The molecule has 1 heterocycles. The maximum Gasteiger partial charge on any atom is 0.276 e. The Balaban J connectivity index is 2.32. The van der Waals surface area contributed by atoms with E-state index in [1.54, 1.807) is 0 Å². The number of nitrogens with zero attached hydrogens (tertiary/aromatic N) is 2. The van der Waals surface area contributed by atoms with Crippen LogP contribution in [-0.2, 0) is 6.42 Å². The summed E-state index contributed by atoms with van der Waals surface area (Å²) in [6.07, 6.45) is 4.04. The second kappa shape index (κ2) is 3.95. The van der Waals surface area contributed by atoms with E-state index >= 15 is 0 Å². The molecule has 0 radical (unpaired) electrons. The molecule has 4 heteroatoms. The minimum absolute atomic E-state index is 0.0684. The normalized spacial score (nSPS) is 10.3. The second-order valence-electron chi connectivity index (χ2n) is 2.48. The lowest BCUT2D eigenvalue weighted by atomic mass is 10.2. The molecule has 0 aromatic carbocycles. The van der Waals surface area contributed by atoms with Crippen LogP contribution in [0.4, 0.5) is 0 Å². The molecule has 1 rings (SSSR count). The Labute approximate surface area is 65.2 Å². The first-order valence-electron chi connectivity index (χ1n) is 3.84. The fourth-order valence-corrected chi connectivity index (χ4v) is 0.898. The van der Waals surface area contributed by atoms with Gasteiger partial charge in [0.2, 0.25) is 0 Å². The maximum atomic E-state index is 8.98. The van der Waals surface area contributed by atoms with Crippen molar-refractivity contribution in [1.82, 2.24) is 10.4 Å². The van der Waals surface area contributed by atoms with E-state index in [4.69, 9.17) is 9.63 Å². The van der Waals surface area contributed by atoms with Gasteiger partial charge in [0, 0.05) is 11.7 Å². The largest absolute Gasteiger partial charge is 0.490 e. The number of aromatic hydroxyl groups is 1. The highest BCUT2D eigenvalue weighted by Gasteiger charge is 2.06. The zero-order chi connectivity index (χ0) is 8.10. The molecule has 0 amide bonds. The molecule has 0 aliphatic rings. The van der Waals surface area contributed by atoms with Gasteiger partial charge in [0.1, 0.15) is 0 Å². The Morgan fingerprint density at radius 3 is 2.82 bits per heavy atom. The van der Waals surface area contributed by atoms with E-state index in [-0.39, 0.29) is 5.88 Å². The van der Waals surface area contributed by atoms with Crippen LogP contribution in [0.2, 0.25) is 0 Å². The molecule has 1 N–H and O–H groups in total. The van der Waals surface area contributed by atoms with Crippen molar-refractivity contribution in [3.8, 4) is 5.88 Å². The Hall–Kier alpha value is -1.06. The molecule has 0 bridgehead atoms. The standard InChI is InChI=1S/C7H12N2O2/c1-2-3-4-5-6-7(10)8-9-11-6/h10H,2-5H2,1H3. The monoisotopic (exact) mass is 156 g/mol. The van der Waals surface area contributed by atoms with Crippen LogP contribution in [0.1, 0.15) is 31.9 Å². The van der Waals surface area contributed by atoms with E-state index in [0.717, 1.165) is 25.7 Å². The summed E-state index contributed by atoms with van der Waals surface area (Å²) in [5, 5.41) is 15.5. The SMILES string of the molecule is CCCCCc1onnc1O. The predicted octanol–water partition coefficient (Wildman–Crippen LogP) is 1.51.